The Bertz CT molecular complexity index is 735. The molecule has 158 valence electrons. The zero-order valence-corrected chi connectivity index (χ0v) is 18.1. The summed E-state index contributed by atoms with van der Waals surface area (Å²) >= 11 is 1.72. The number of allylic oxidation sites excluding steroid dienone is 1. The SMILES string of the molecule is C=C1OC(OC(=O)N2CCCN(Sc3ccc(OCCCC)cc3)CC2)C=C1C. The summed E-state index contributed by atoms with van der Waals surface area (Å²) in [5, 5.41) is 0. The number of unbranched alkanes of at least 4 members (excludes halogenated alkanes) is 1. The molecule has 3 rings (SSSR count). The van der Waals surface area contributed by atoms with Crippen LogP contribution in [-0.2, 0) is 9.47 Å². The third kappa shape index (κ3) is 6.44. The topological polar surface area (TPSA) is 51.2 Å². The van der Waals surface area contributed by atoms with Gasteiger partial charge in [0.25, 0.3) is 6.29 Å². The third-order valence-corrected chi connectivity index (χ3v) is 5.95. The quantitative estimate of drug-likeness (QED) is 0.467. The van der Waals surface area contributed by atoms with Crippen molar-refractivity contribution in [3.8, 4) is 5.75 Å². The van der Waals surface area contributed by atoms with Crippen molar-refractivity contribution in [2.24, 2.45) is 0 Å². The highest BCUT2D eigenvalue weighted by Crippen LogP contribution is 2.27. The van der Waals surface area contributed by atoms with Gasteiger partial charge in [0.2, 0.25) is 0 Å². The van der Waals surface area contributed by atoms with Crippen LogP contribution < -0.4 is 4.74 Å². The molecule has 29 heavy (non-hydrogen) atoms. The van der Waals surface area contributed by atoms with Crippen molar-refractivity contribution in [2.45, 2.75) is 44.3 Å². The molecule has 2 heterocycles. The van der Waals surface area contributed by atoms with Crippen molar-refractivity contribution >= 4 is 18.0 Å². The first kappa shape index (κ1) is 21.6. The molecule has 1 fully saturated rings. The summed E-state index contributed by atoms with van der Waals surface area (Å²) in [6.07, 6.45) is 3.87. The smallest absolute Gasteiger partial charge is 0.413 e. The van der Waals surface area contributed by atoms with Crippen LogP contribution in [0.15, 0.2) is 53.1 Å². The fourth-order valence-corrected chi connectivity index (χ4v) is 3.99. The predicted molar refractivity (Wildman–Crippen MR) is 115 cm³/mol. The van der Waals surface area contributed by atoms with Gasteiger partial charge in [-0.1, -0.05) is 19.9 Å². The zero-order chi connectivity index (χ0) is 20.6. The molecule has 0 spiro atoms. The molecule has 7 heteroatoms. The van der Waals surface area contributed by atoms with Crippen molar-refractivity contribution in [3.05, 3.63) is 48.3 Å². The van der Waals surface area contributed by atoms with E-state index in [1.165, 1.54) is 4.90 Å². The van der Waals surface area contributed by atoms with E-state index >= 15 is 0 Å². The lowest BCUT2D eigenvalue weighted by Gasteiger charge is -2.22. The molecular weight excluding hydrogens is 388 g/mol. The molecule has 1 aromatic rings. The second kappa shape index (κ2) is 10.6. The van der Waals surface area contributed by atoms with Crippen LogP contribution in [0.4, 0.5) is 4.79 Å². The Morgan fingerprint density at radius 1 is 1.24 bits per heavy atom. The highest BCUT2D eigenvalue weighted by Gasteiger charge is 2.26. The second-order valence-corrected chi connectivity index (χ2v) is 8.35. The third-order valence-electron chi connectivity index (χ3n) is 4.84. The maximum Gasteiger partial charge on any atom is 0.413 e. The van der Waals surface area contributed by atoms with Crippen molar-refractivity contribution < 1.29 is 19.0 Å². The molecule has 0 radical (unpaired) electrons. The summed E-state index contributed by atoms with van der Waals surface area (Å²) < 4.78 is 18.9. The summed E-state index contributed by atoms with van der Waals surface area (Å²) in [6.45, 7) is 11.6. The molecule has 1 saturated heterocycles. The Morgan fingerprint density at radius 2 is 2.03 bits per heavy atom. The summed E-state index contributed by atoms with van der Waals surface area (Å²) in [5.41, 5.74) is 0.906. The number of amides is 1. The van der Waals surface area contributed by atoms with Crippen LogP contribution in [0, 0.1) is 0 Å². The molecule has 0 aromatic heterocycles. The molecule has 0 bridgehead atoms. The van der Waals surface area contributed by atoms with Gasteiger partial charge in [-0.15, -0.1) is 0 Å². The lowest BCUT2D eigenvalue weighted by Crippen LogP contribution is -2.36. The summed E-state index contributed by atoms with van der Waals surface area (Å²) in [7, 11) is 0. The van der Waals surface area contributed by atoms with Gasteiger partial charge in [-0.3, -0.25) is 0 Å². The Kier molecular flexibility index (Phi) is 7.89. The normalized spacial score (nSPS) is 20.1. The van der Waals surface area contributed by atoms with Crippen LogP contribution in [0.2, 0.25) is 0 Å². The van der Waals surface area contributed by atoms with Crippen molar-refractivity contribution in [1.82, 2.24) is 9.21 Å². The Labute approximate surface area is 177 Å². The van der Waals surface area contributed by atoms with E-state index in [1.54, 1.807) is 22.9 Å². The van der Waals surface area contributed by atoms with Gasteiger partial charge in [0.15, 0.2) is 0 Å². The maximum atomic E-state index is 12.5. The van der Waals surface area contributed by atoms with E-state index in [1.807, 2.05) is 19.1 Å². The van der Waals surface area contributed by atoms with Crippen LogP contribution in [-0.4, -0.2) is 54.4 Å². The summed E-state index contributed by atoms with van der Waals surface area (Å²) in [4.78, 5) is 15.4. The standard InChI is InChI=1S/C22H30N2O4S/c1-4-5-15-26-19-7-9-20(10-8-19)29-24-12-6-11-23(13-14-24)22(25)28-21-16-17(2)18(3)27-21/h7-10,16,21H,3-6,11-15H2,1-2H3. The van der Waals surface area contributed by atoms with Gasteiger partial charge in [-0.2, -0.15) is 0 Å². The van der Waals surface area contributed by atoms with Crippen LogP contribution in [0.1, 0.15) is 33.1 Å². The van der Waals surface area contributed by atoms with Gasteiger partial charge in [0, 0.05) is 37.2 Å². The average Bonchev–Trinajstić information content (AvgIpc) is 2.89. The molecular formula is C22H30N2O4S. The van der Waals surface area contributed by atoms with E-state index in [2.05, 4.69) is 29.9 Å². The van der Waals surface area contributed by atoms with Gasteiger partial charge in [0.05, 0.1) is 6.61 Å². The van der Waals surface area contributed by atoms with Gasteiger partial charge >= 0.3 is 6.09 Å². The molecule has 1 amide bonds. The number of carbonyl (C=O) groups excluding carboxylic acids is 1. The summed E-state index contributed by atoms with van der Waals surface area (Å²) in [6, 6.07) is 8.21. The number of hydrogen-bond donors (Lipinski definition) is 0. The van der Waals surface area contributed by atoms with Crippen LogP contribution in [0.5, 0.6) is 5.75 Å². The lowest BCUT2D eigenvalue weighted by atomic mass is 10.3. The molecule has 0 aliphatic carbocycles. The van der Waals surface area contributed by atoms with Crippen LogP contribution in [0.25, 0.3) is 0 Å². The number of benzene rings is 1. The molecule has 6 nitrogen and oxygen atoms in total. The number of ether oxygens (including phenoxy) is 3. The van der Waals surface area contributed by atoms with E-state index < -0.39 is 6.29 Å². The first-order valence-electron chi connectivity index (χ1n) is 10.2. The first-order chi connectivity index (χ1) is 14.0. The fraction of sp³-hybridized carbons (Fsp3) is 0.500. The van der Waals surface area contributed by atoms with Crippen LogP contribution in [0.3, 0.4) is 0 Å². The van der Waals surface area contributed by atoms with Crippen molar-refractivity contribution in [1.29, 1.82) is 0 Å². The Hall–Kier alpha value is -2.12. The second-order valence-electron chi connectivity index (χ2n) is 7.18. The van der Waals surface area contributed by atoms with Crippen molar-refractivity contribution in [2.75, 3.05) is 32.8 Å². The van der Waals surface area contributed by atoms with E-state index in [9.17, 15) is 4.79 Å². The number of rotatable bonds is 7. The lowest BCUT2D eigenvalue weighted by molar-refractivity contribution is -0.0387. The molecule has 2 aliphatic rings. The van der Waals surface area contributed by atoms with Gasteiger partial charge in [-0.25, -0.2) is 9.10 Å². The van der Waals surface area contributed by atoms with Gasteiger partial charge < -0.3 is 19.1 Å². The highest BCUT2D eigenvalue weighted by molar-refractivity contribution is 7.97. The number of hydrogen-bond acceptors (Lipinski definition) is 6. The minimum atomic E-state index is -0.665. The van der Waals surface area contributed by atoms with E-state index in [0.29, 0.717) is 18.8 Å². The number of carbonyl (C=O) groups is 1. The van der Waals surface area contributed by atoms with E-state index in [0.717, 1.165) is 50.3 Å². The monoisotopic (exact) mass is 418 g/mol. The predicted octanol–water partition coefficient (Wildman–Crippen LogP) is 4.83. The van der Waals surface area contributed by atoms with Gasteiger partial charge in [-0.05, 0) is 61.6 Å². The Balaban J connectivity index is 1.44. The van der Waals surface area contributed by atoms with Gasteiger partial charge in [0.1, 0.15) is 11.5 Å². The molecule has 2 aliphatic heterocycles. The molecule has 1 atom stereocenters. The maximum absolute atomic E-state index is 12.5. The molecule has 0 saturated carbocycles. The molecule has 1 aromatic carbocycles. The fourth-order valence-electron chi connectivity index (χ4n) is 3.04. The summed E-state index contributed by atoms with van der Waals surface area (Å²) in [5.74, 6) is 1.47. The van der Waals surface area contributed by atoms with E-state index in [4.69, 9.17) is 14.2 Å². The first-order valence-corrected chi connectivity index (χ1v) is 11.0. The largest absolute Gasteiger partial charge is 0.494 e. The minimum Gasteiger partial charge on any atom is -0.494 e. The average molecular weight is 419 g/mol. The highest BCUT2D eigenvalue weighted by atomic mass is 32.2. The van der Waals surface area contributed by atoms with E-state index in [-0.39, 0.29) is 6.09 Å². The zero-order valence-electron chi connectivity index (χ0n) is 17.3. The number of nitrogens with zero attached hydrogens (tertiary/aromatic N) is 2. The Morgan fingerprint density at radius 3 is 2.72 bits per heavy atom. The molecule has 0 N–H and O–H groups in total. The molecule has 1 unspecified atom stereocenters. The van der Waals surface area contributed by atoms with Crippen LogP contribution >= 0.6 is 11.9 Å². The minimum absolute atomic E-state index is 0.339. The van der Waals surface area contributed by atoms with Crippen molar-refractivity contribution in [3.63, 3.8) is 0 Å².